The molecule has 0 aliphatic heterocycles. The van der Waals surface area contributed by atoms with Crippen LogP contribution in [0.5, 0.6) is 0 Å². The minimum atomic E-state index is -0.362. The molecule has 1 aliphatic rings. The van der Waals surface area contributed by atoms with E-state index in [1.807, 2.05) is 65.6 Å². The van der Waals surface area contributed by atoms with E-state index in [0.29, 0.717) is 12.8 Å². The first-order chi connectivity index (χ1) is 15.7. The molecular weight excluding hydrogens is 396 g/mol. The Balaban J connectivity index is 1.90. The number of carbonyl (C=O) groups is 2. The van der Waals surface area contributed by atoms with Crippen molar-refractivity contribution < 1.29 is 9.59 Å². The van der Waals surface area contributed by atoms with Gasteiger partial charge in [0.15, 0.2) is 0 Å². The Morgan fingerprint density at radius 2 is 1.16 bits per heavy atom. The molecule has 0 fully saturated rings. The molecule has 4 nitrogen and oxygen atoms in total. The van der Waals surface area contributed by atoms with Crippen LogP contribution in [0.4, 0.5) is 11.4 Å². The van der Waals surface area contributed by atoms with Crippen LogP contribution in [-0.4, -0.2) is 29.8 Å². The molecule has 0 N–H and O–H groups in total. The summed E-state index contributed by atoms with van der Waals surface area (Å²) in [4.78, 5) is 31.4. The van der Waals surface area contributed by atoms with E-state index in [-0.39, 0.29) is 23.7 Å². The minimum absolute atomic E-state index is 0.00367. The molecule has 32 heavy (non-hydrogen) atoms. The first kappa shape index (κ1) is 23.8. The Bertz CT molecular complexity index is 831. The Morgan fingerprint density at radius 1 is 0.719 bits per heavy atom. The van der Waals surface area contributed by atoms with Crippen molar-refractivity contribution >= 4 is 23.2 Å². The highest BCUT2D eigenvalue weighted by atomic mass is 16.2. The number of hydrogen-bond acceptors (Lipinski definition) is 2. The van der Waals surface area contributed by atoms with Crippen molar-refractivity contribution in [3.05, 3.63) is 72.8 Å². The average molecular weight is 433 g/mol. The number of para-hydroxylation sites is 2. The molecule has 170 valence electrons. The molecule has 0 radical (unpaired) electrons. The molecule has 0 saturated carbocycles. The number of rotatable bonds is 10. The molecule has 2 amide bonds. The predicted octanol–water partition coefficient (Wildman–Crippen LogP) is 6.36. The number of amides is 2. The number of unbranched alkanes of at least 4 members (excludes halogenated alkanes) is 2. The van der Waals surface area contributed by atoms with Gasteiger partial charge in [-0.1, -0.05) is 75.2 Å². The zero-order valence-corrected chi connectivity index (χ0v) is 19.5. The van der Waals surface area contributed by atoms with Gasteiger partial charge in [0.2, 0.25) is 11.8 Å². The highest BCUT2D eigenvalue weighted by Gasteiger charge is 2.39. The molecule has 0 heterocycles. The lowest BCUT2D eigenvalue weighted by molar-refractivity contribution is -0.141. The van der Waals surface area contributed by atoms with Gasteiger partial charge in [0.25, 0.3) is 0 Å². The topological polar surface area (TPSA) is 40.6 Å². The molecule has 2 atom stereocenters. The average Bonchev–Trinajstić information content (AvgIpc) is 2.85. The molecule has 0 aromatic heterocycles. The van der Waals surface area contributed by atoms with E-state index in [0.717, 1.165) is 50.1 Å². The smallest absolute Gasteiger partial charge is 0.235 e. The SMILES string of the molecule is CCCCN(CCCC)C(=O)C1CC=CCC1C(=O)N(c1ccccc1)c1ccccc1. The summed E-state index contributed by atoms with van der Waals surface area (Å²) < 4.78 is 0. The van der Waals surface area contributed by atoms with Gasteiger partial charge in [-0.05, 0) is 49.9 Å². The van der Waals surface area contributed by atoms with Crippen LogP contribution in [0.3, 0.4) is 0 Å². The number of benzene rings is 2. The largest absolute Gasteiger partial charge is 0.342 e. The zero-order valence-electron chi connectivity index (χ0n) is 19.5. The van der Waals surface area contributed by atoms with E-state index in [9.17, 15) is 9.59 Å². The van der Waals surface area contributed by atoms with Crippen molar-refractivity contribution in [2.75, 3.05) is 18.0 Å². The van der Waals surface area contributed by atoms with Crippen LogP contribution in [-0.2, 0) is 9.59 Å². The molecule has 2 aromatic rings. The third-order valence-corrected chi connectivity index (χ3v) is 6.19. The van der Waals surface area contributed by atoms with Gasteiger partial charge in [0, 0.05) is 24.5 Å². The third-order valence-electron chi connectivity index (χ3n) is 6.19. The predicted molar refractivity (Wildman–Crippen MR) is 132 cm³/mol. The van der Waals surface area contributed by atoms with Gasteiger partial charge >= 0.3 is 0 Å². The lowest BCUT2D eigenvalue weighted by atomic mass is 9.80. The van der Waals surface area contributed by atoms with Crippen LogP contribution in [0.1, 0.15) is 52.4 Å². The second kappa shape index (κ2) is 12.2. The van der Waals surface area contributed by atoms with E-state index in [1.165, 1.54) is 0 Å². The van der Waals surface area contributed by atoms with Crippen molar-refractivity contribution in [3.8, 4) is 0 Å². The maximum Gasteiger partial charge on any atom is 0.235 e. The molecule has 2 aromatic carbocycles. The van der Waals surface area contributed by atoms with E-state index in [1.54, 1.807) is 4.90 Å². The summed E-state index contributed by atoms with van der Waals surface area (Å²) in [7, 11) is 0. The van der Waals surface area contributed by atoms with Gasteiger partial charge in [-0.3, -0.25) is 14.5 Å². The Hall–Kier alpha value is -2.88. The standard InChI is InChI=1S/C28H36N2O2/c1-3-5-21-29(22-6-4-2)27(31)25-19-13-14-20-26(25)28(32)30(23-15-9-7-10-16-23)24-17-11-8-12-18-24/h7-18,25-26H,3-6,19-22H2,1-2H3. The highest BCUT2D eigenvalue weighted by molar-refractivity contribution is 6.03. The van der Waals surface area contributed by atoms with E-state index >= 15 is 0 Å². The van der Waals surface area contributed by atoms with Crippen molar-refractivity contribution in [1.29, 1.82) is 0 Å². The van der Waals surface area contributed by atoms with Gasteiger partial charge < -0.3 is 4.90 Å². The molecular formula is C28H36N2O2. The van der Waals surface area contributed by atoms with Crippen LogP contribution in [0.25, 0.3) is 0 Å². The highest BCUT2D eigenvalue weighted by Crippen LogP contribution is 2.34. The van der Waals surface area contributed by atoms with Crippen LogP contribution < -0.4 is 4.90 Å². The van der Waals surface area contributed by atoms with Crippen molar-refractivity contribution in [2.45, 2.75) is 52.4 Å². The zero-order chi connectivity index (χ0) is 22.8. The summed E-state index contributed by atoms with van der Waals surface area (Å²) in [5.41, 5.74) is 1.66. The van der Waals surface area contributed by atoms with Crippen molar-refractivity contribution in [3.63, 3.8) is 0 Å². The minimum Gasteiger partial charge on any atom is -0.342 e. The molecule has 3 rings (SSSR count). The van der Waals surface area contributed by atoms with Crippen molar-refractivity contribution in [2.24, 2.45) is 11.8 Å². The summed E-state index contributed by atoms with van der Waals surface area (Å²) in [5, 5.41) is 0. The molecule has 1 aliphatic carbocycles. The first-order valence-electron chi connectivity index (χ1n) is 12.0. The fourth-order valence-corrected chi connectivity index (χ4v) is 4.35. The first-order valence-corrected chi connectivity index (χ1v) is 12.0. The molecule has 0 saturated heterocycles. The van der Waals surface area contributed by atoms with Crippen LogP contribution in [0.15, 0.2) is 72.8 Å². The molecule has 2 unspecified atom stereocenters. The fraction of sp³-hybridized carbons (Fsp3) is 0.429. The summed E-state index contributed by atoms with van der Waals surface area (Å²) in [6.07, 6.45) is 9.45. The number of carbonyl (C=O) groups excluding carboxylic acids is 2. The second-order valence-electron chi connectivity index (χ2n) is 8.53. The van der Waals surface area contributed by atoms with E-state index in [2.05, 4.69) is 26.0 Å². The number of anilines is 2. The maximum atomic E-state index is 14.0. The Kier molecular flexibility index (Phi) is 9.09. The van der Waals surface area contributed by atoms with Crippen LogP contribution in [0, 0.1) is 11.8 Å². The Labute approximate surface area is 192 Å². The number of nitrogens with zero attached hydrogens (tertiary/aromatic N) is 2. The lowest BCUT2D eigenvalue weighted by Gasteiger charge is -2.35. The summed E-state index contributed by atoms with van der Waals surface area (Å²) in [5.74, 6) is -0.540. The third kappa shape index (κ3) is 5.87. The molecule has 4 heteroatoms. The quantitative estimate of drug-likeness (QED) is 0.410. The summed E-state index contributed by atoms with van der Waals surface area (Å²) >= 11 is 0. The number of hydrogen-bond donors (Lipinski definition) is 0. The monoisotopic (exact) mass is 432 g/mol. The molecule has 0 spiro atoms. The van der Waals surface area contributed by atoms with Gasteiger partial charge in [-0.2, -0.15) is 0 Å². The molecule has 0 bridgehead atoms. The summed E-state index contributed by atoms with van der Waals surface area (Å²) in [6, 6.07) is 19.5. The van der Waals surface area contributed by atoms with Gasteiger partial charge in [-0.25, -0.2) is 0 Å². The fourth-order valence-electron chi connectivity index (χ4n) is 4.35. The van der Waals surface area contributed by atoms with Gasteiger partial charge in [-0.15, -0.1) is 0 Å². The Morgan fingerprint density at radius 3 is 1.59 bits per heavy atom. The van der Waals surface area contributed by atoms with E-state index in [4.69, 9.17) is 0 Å². The van der Waals surface area contributed by atoms with E-state index < -0.39 is 0 Å². The number of allylic oxidation sites excluding steroid dienone is 2. The van der Waals surface area contributed by atoms with Gasteiger partial charge in [0.1, 0.15) is 0 Å². The van der Waals surface area contributed by atoms with Gasteiger partial charge in [0.05, 0.1) is 11.8 Å². The van der Waals surface area contributed by atoms with Crippen molar-refractivity contribution in [1.82, 2.24) is 4.90 Å². The lowest BCUT2D eigenvalue weighted by Crippen LogP contribution is -2.45. The van der Waals surface area contributed by atoms with Crippen LogP contribution in [0.2, 0.25) is 0 Å². The van der Waals surface area contributed by atoms with Crippen LogP contribution >= 0.6 is 0 Å². The summed E-state index contributed by atoms with van der Waals surface area (Å²) in [6.45, 7) is 5.85. The normalized spacial score (nSPS) is 17.7. The second-order valence-corrected chi connectivity index (χ2v) is 8.53. The maximum absolute atomic E-state index is 14.0.